The van der Waals surface area contributed by atoms with Crippen molar-refractivity contribution in [2.75, 3.05) is 0 Å². The summed E-state index contributed by atoms with van der Waals surface area (Å²) in [5, 5.41) is 7.35. The zero-order valence-corrected chi connectivity index (χ0v) is 9.54. The quantitative estimate of drug-likeness (QED) is 0.736. The van der Waals surface area contributed by atoms with E-state index in [1.807, 2.05) is 18.2 Å². The standard InChI is InChI=1S/C14H14N2O/c17-14(13-9-10-15-16-11-13)8-4-7-12-5-2-1-3-6-12/h1-3,5-6,9-11H,4,7-8H2. The second kappa shape index (κ2) is 5.89. The van der Waals surface area contributed by atoms with Crippen LogP contribution >= 0.6 is 0 Å². The first kappa shape index (κ1) is 11.5. The zero-order valence-electron chi connectivity index (χ0n) is 9.54. The van der Waals surface area contributed by atoms with Gasteiger partial charge in [-0.3, -0.25) is 4.79 Å². The number of ketones is 1. The normalized spacial score (nSPS) is 10.1. The van der Waals surface area contributed by atoms with Crippen molar-refractivity contribution in [2.45, 2.75) is 19.3 Å². The molecule has 2 aromatic rings. The Morgan fingerprint density at radius 1 is 1.06 bits per heavy atom. The Hall–Kier alpha value is -2.03. The number of aryl methyl sites for hydroxylation is 1. The topological polar surface area (TPSA) is 42.9 Å². The van der Waals surface area contributed by atoms with E-state index in [4.69, 9.17) is 0 Å². The first-order valence-corrected chi connectivity index (χ1v) is 5.70. The van der Waals surface area contributed by atoms with Gasteiger partial charge in [0, 0.05) is 12.0 Å². The summed E-state index contributed by atoms with van der Waals surface area (Å²) in [6, 6.07) is 11.9. The van der Waals surface area contributed by atoms with E-state index in [9.17, 15) is 4.79 Å². The van der Waals surface area contributed by atoms with Crippen LogP contribution in [0.25, 0.3) is 0 Å². The van der Waals surface area contributed by atoms with Crippen molar-refractivity contribution in [1.29, 1.82) is 0 Å². The van der Waals surface area contributed by atoms with Gasteiger partial charge in [-0.15, -0.1) is 0 Å². The molecule has 0 fully saturated rings. The number of hydrogen-bond donors (Lipinski definition) is 0. The van der Waals surface area contributed by atoms with E-state index in [0.29, 0.717) is 12.0 Å². The molecule has 0 saturated carbocycles. The molecule has 1 aromatic heterocycles. The molecule has 0 spiro atoms. The van der Waals surface area contributed by atoms with Crippen LogP contribution in [0.15, 0.2) is 48.8 Å². The summed E-state index contributed by atoms with van der Waals surface area (Å²) < 4.78 is 0. The molecule has 0 aliphatic heterocycles. The van der Waals surface area contributed by atoms with Gasteiger partial charge in [0.05, 0.1) is 12.4 Å². The summed E-state index contributed by atoms with van der Waals surface area (Å²) in [6.07, 6.45) is 5.42. The van der Waals surface area contributed by atoms with Gasteiger partial charge >= 0.3 is 0 Å². The van der Waals surface area contributed by atoms with E-state index >= 15 is 0 Å². The molecule has 0 unspecified atom stereocenters. The van der Waals surface area contributed by atoms with Crippen LogP contribution in [0.4, 0.5) is 0 Å². The first-order chi connectivity index (χ1) is 8.36. The Morgan fingerprint density at radius 2 is 1.88 bits per heavy atom. The molecule has 0 bridgehead atoms. The number of nitrogens with zero attached hydrogens (tertiary/aromatic N) is 2. The Bertz CT molecular complexity index is 468. The average molecular weight is 226 g/mol. The van der Waals surface area contributed by atoms with Crippen LogP contribution < -0.4 is 0 Å². The molecular weight excluding hydrogens is 212 g/mol. The molecule has 1 heterocycles. The minimum atomic E-state index is 0.135. The minimum absolute atomic E-state index is 0.135. The number of benzene rings is 1. The number of aromatic nitrogens is 2. The Kier molecular flexibility index (Phi) is 3.97. The second-order valence-corrected chi connectivity index (χ2v) is 3.89. The molecule has 0 amide bonds. The highest BCUT2D eigenvalue weighted by molar-refractivity contribution is 5.95. The van der Waals surface area contributed by atoms with Crippen LogP contribution in [-0.2, 0) is 6.42 Å². The van der Waals surface area contributed by atoms with Gasteiger partial charge in [0.25, 0.3) is 0 Å². The molecule has 3 nitrogen and oxygen atoms in total. The van der Waals surface area contributed by atoms with E-state index in [1.54, 1.807) is 12.3 Å². The van der Waals surface area contributed by atoms with Gasteiger partial charge in [0.1, 0.15) is 0 Å². The number of rotatable bonds is 5. The van der Waals surface area contributed by atoms with Crippen molar-refractivity contribution in [3.05, 3.63) is 59.9 Å². The third-order valence-corrected chi connectivity index (χ3v) is 2.62. The van der Waals surface area contributed by atoms with Gasteiger partial charge in [-0.05, 0) is 24.5 Å². The van der Waals surface area contributed by atoms with E-state index < -0.39 is 0 Å². The molecule has 0 atom stereocenters. The maximum atomic E-state index is 11.8. The van der Waals surface area contributed by atoms with Crippen molar-refractivity contribution in [1.82, 2.24) is 10.2 Å². The highest BCUT2D eigenvalue weighted by Crippen LogP contribution is 2.08. The molecule has 2 rings (SSSR count). The molecule has 0 N–H and O–H groups in total. The van der Waals surface area contributed by atoms with Crippen molar-refractivity contribution < 1.29 is 4.79 Å². The number of Topliss-reactive ketones (excluding diaryl/α,β-unsaturated/α-hetero) is 1. The van der Waals surface area contributed by atoms with Crippen LogP contribution in [0.2, 0.25) is 0 Å². The van der Waals surface area contributed by atoms with Crippen molar-refractivity contribution >= 4 is 5.78 Å². The largest absolute Gasteiger partial charge is 0.294 e. The summed E-state index contributed by atoms with van der Waals surface area (Å²) in [5.41, 5.74) is 1.92. The van der Waals surface area contributed by atoms with Gasteiger partial charge in [-0.1, -0.05) is 30.3 Å². The molecule has 3 heteroatoms. The maximum absolute atomic E-state index is 11.8. The Balaban J connectivity index is 1.82. The lowest BCUT2D eigenvalue weighted by atomic mass is 10.0. The molecular formula is C14H14N2O. The monoisotopic (exact) mass is 226 g/mol. The molecule has 0 aliphatic carbocycles. The average Bonchev–Trinajstić information content (AvgIpc) is 2.41. The van der Waals surface area contributed by atoms with Gasteiger partial charge < -0.3 is 0 Å². The van der Waals surface area contributed by atoms with E-state index in [1.165, 1.54) is 11.8 Å². The summed E-state index contributed by atoms with van der Waals surface area (Å²) in [6.45, 7) is 0. The fraction of sp³-hybridized carbons (Fsp3) is 0.214. The highest BCUT2D eigenvalue weighted by atomic mass is 16.1. The van der Waals surface area contributed by atoms with E-state index in [0.717, 1.165) is 12.8 Å². The lowest BCUT2D eigenvalue weighted by Crippen LogP contribution is -2.01. The molecule has 1 aromatic carbocycles. The van der Waals surface area contributed by atoms with Gasteiger partial charge in [-0.25, -0.2) is 0 Å². The predicted octanol–water partition coefficient (Wildman–Crippen LogP) is 2.68. The van der Waals surface area contributed by atoms with Crippen LogP contribution in [0.3, 0.4) is 0 Å². The fourth-order valence-corrected chi connectivity index (χ4v) is 1.70. The van der Waals surface area contributed by atoms with Crippen LogP contribution in [0, 0.1) is 0 Å². The smallest absolute Gasteiger partial charge is 0.164 e. The van der Waals surface area contributed by atoms with Gasteiger partial charge in [0.15, 0.2) is 5.78 Å². The fourth-order valence-electron chi connectivity index (χ4n) is 1.70. The van der Waals surface area contributed by atoms with E-state index in [2.05, 4.69) is 22.3 Å². The summed E-state index contributed by atoms with van der Waals surface area (Å²) in [4.78, 5) is 11.8. The highest BCUT2D eigenvalue weighted by Gasteiger charge is 2.05. The Labute approximate surface area is 101 Å². The lowest BCUT2D eigenvalue weighted by Gasteiger charge is -2.01. The van der Waals surface area contributed by atoms with Crippen LogP contribution in [-0.4, -0.2) is 16.0 Å². The summed E-state index contributed by atoms with van der Waals surface area (Å²) in [7, 11) is 0. The van der Waals surface area contributed by atoms with Crippen LogP contribution in [0.5, 0.6) is 0 Å². The molecule has 17 heavy (non-hydrogen) atoms. The zero-order chi connectivity index (χ0) is 11.9. The number of hydrogen-bond acceptors (Lipinski definition) is 3. The van der Waals surface area contributed by atoms with Crippen molar-refractivity contribution in [2.24, 2.45) is 0 Å². The van der Waals surface area contributed by atoms with Gasteiger partial charge in [0.2, 0.25) is 0 Å². The van der Waals surface area contributed by atoms with Crippen LogP contribution in [0.1, 0.15) is 28.8 Å². The lowest BCUT2D eigenvalue weighted by molar-refractivity contribution is 0.0979. The number of carbonyl (C=O) groups is 1. The third-order valence-electron chi connectivity index (χ3n) is 2.62. The molecule has 86 valence electrons. The van der Waals surface area contributed by atoms with Gasteiger partial charge in [-0.2, -0.15) is 10.2 Å². The molecule has 0 radical (unpaired) electrons. The first-order valence-electron chi connectivity index (χ1n) is 5.70. The molecule has 0 aliphatic rings. The van der Waals surface area contributed by atoms with Crippen molar-refractivity contribution in [3.63, 3.8) is 0 Å². The van der Waals surface area contributed by atoms with Crippen molar-refractivity contribution in [3.8, 4) is 0 Å². The number of carbonyl (C=O) groups excluding carboxylic acids is 1. The summed E-state index contributed by atoms with van der Waals surface area (Å²) in [5.74, 6) is 0.135. The summed E-state index contributed by atoms with van der Waals surface area (Å²) >= 11 is 0. The minimum Gasteiger partial charge on any atom is -0.294 e. The maximum Gasteiger partial charge on any atom is 0.164 e. The SMILES string of the molecule is O=C(CCCc1ccccc1)c1ccnnc1. The Morgan fingerprint density at radius 3 is 2.59 bits per heavy atom. The third kappa shape index (κ3) is 3.48. The second-order valence-electron chi connectivity index (χ2n) is 3.89. The predicted molar refractivity (Wildman–Crippen MR) is 65.7 cm³/mol. The molecule has 0 saturated heterocycles. The van der Waals surface area contributed by atoms with E-state index in [-0.39, 0.29) is 5.78 Å².